The Labute approximate surface area is 99.1 Å². The number of sulfone groups is 1. The quantitative estimate of drug-likeness (QED) is 0.691. The van der Waals surface area contributed by atoms with E-state index in [-0.39, 0.29) is 24.2 Å². The van der Waals surface area contributed by atoms with Crippen molar-refractivity contribution >= 4 is 9.84 Å². The summed E-state index contributed by atoms with van der Waals surface area (Å²) in [7, 11) is -2.87. The molecule has 1 unspecified atom stereocenters. The van der Waals surface area contributed by atoms with E-state index in [2.05, 4.69) is 15.5 Å². The van der Waals surface area contributed by atoms with Crippen LogP contribution in [0.3, 0.4) is 0 Å². The average molecular weight is 261 g/mol. The van der Waals surface area contributed by atoms with E-state index >= 15 is 0 Å². The van der Waals surface area contributed by atoms with Crippen molar-refractivity contribution in [2.75, 3.05) is 18.1 Å². The molecule has 17 heavy (non-hydrogen) atoms. The molecule has 96 valence electrons. The van der Waals surface area contributed by atoms with Crippen LogP contribution in [0.15, 0.2) is 4.52 Å². The third-order valence-corrected chi connectivity index (χ3v) is 4.39. The zero-order valence-corrected chi connectivity index (χ0v) is 10.1. The van der Waals surface area contributed by atoms with Crippen molar-refractivity contribution in [2.24, 2.45) is 0 Å². The highest BCUT2D eigenvalue weighted by Crippen LogP contribution is 2.11. The summed E-state index contributed by atoms with van der Waals surface area (Å²) in [4.78, 5) is 4.05. The normalized spacial score (nSPS) is 23.0. The topological polar surface area (TPSA) is 105 Å². The number of rotatable bonds is 5. The van der Waals surface area contributed by atoms with E-state index in [0.717, 1.165) is 0 Å². The van der Waals surface area contributed by atoms with Crippen molar-refractivity contribution in [3.05, 3.63) is 11.7 Å². The van der Waals surface area contributed by atoms with Crippen LogP contribution >= 0.6 is 0 Å². The van der Waals surface area contributed by atoms with Crippen LogP contribution in [0.4, 0.5) is 0 Å². The Morgan fingerprint density at radius 2 is 2.35 bits per heavy atom. The summed E-state index contributed by atoms with van der Waals surface area (Å²) in [6.45, 7) is 0.339. The van der Waals surface area contributed by atoms with Gasteiger partial charge in [-0.3, -0.25) is 0 Å². The molecule has 8 heteroatoms. The van der Waals surface area contributed by atoms with E-state index in [1.807, 2.05) is 0 Å². The lowest BCUT2D eigenvalue weighted by Crippen LogP contribution is -2.29. The van der Waals surface area contributed by atoms with E-state index in [1.54, 1.807) is 0 Å². The zero-order valence-electron chi connectivity index (χ0n) is 9.29. The second-order valence-corrected chi connectivity index (χ2v) is 6.29. The average Bonchev–Trinajstić information content (AvgIpc) is 2.83. The Bertz CT molecular complexity index is 470. The third-order valence-electron chi connectivity index (χ3n) is 2.62. The number of hydrogen-bond donors (Lipinski definition) is 2. The Morgan fingerprint density at radius 3 is 3.00 bits per heavy atom. The first-order valence-corrected chi connectivity index (χ1v) is 7.27. The van der Waals surface area contributed by atoms with Gasteiger partial charge in [0, 0.05) is 12.5 Å². The van der Waals surface area contributed by atoms with Crippen molar-refractivity contribution in [1.82, 2.24) is 15.5 Å². The highest BCUT2D eigenvalue weighted by Gasteiger charge is 2.27. The monoisotopic (exact) mass is 261 g/mol. The number of aliphatic hydroxyl groups is 1. The molecule has 7 nitrogen and oxygen atoms in total. The predicted octanol–water partition coefficient (Wildman–Crippen LogP) is -1.12. The fourth-order valence-electron chi connectivity index (χ4n) is 1.75. The van der Waals surface area contributed by atoms with Gasteiger partial charge in [0.1, 0.15) is 0 Å². The summed E-state index contributed by atoms with van der Waals surface area (Å²) in [5, 5.41) is 15.4. The molecule has 0 amide bonds. The third kappa shape index (κ3) is 3.48. The molecule has 1 aromatic rings. The molecular formula is C9H15N3O4S. The summed E-state index contributed by atoms with van der Waals surface area (Å²) in [5.74, 6) is 1.29. The van der Waals surface area contributed by atoms with Crippen molar-refractivity contribution < 1.29 is 18.0 Å². The van der Waals surface area contributed by atoms with Crippen LogP contribution in [0, 0.1) is 0 Å². The Morgan fingerprint density at radius 1 is 1.53 bits per heavy atom. The van der Waals surface area contributed by atoms with Crippen molar-refractivity contribution in [3.63, 3.8) is 0 Å². The van der Waals surface area contributed by atoms with Gasteiger partial charge in [0.25, 0.3) is 0 Å². The molecule has 1 aliphatic heterocycles. The summed E-state index contributed by atoms with van der Waals surface area (Å²) < 4.78 is 27.4. The molecule has 2 N–H and O–H groups in total. The molecule has 0 radical (unpaired) electrons. The van der Waals surface area contributed by atoms with E-state index in [0.29, 0.717) is 31.1 Å². The van der Waals surface area contributed by atoms with Gasteiger partial charge in [-0.15, -0.1) is 0 Å². The van der Waals surface area contributed by atoms with Crippen molar-refractivity contribution in [3.8, 4) is 0 Å². The van der Waals surface area contributed by atoms with Crippen LogP contribution < -0.4 is 5.32 Å². The van der Waals surface area contributed by atoms with Crippen LogP contribution in [0.5, 0.6) is 0 Å². The molecule has 0 aromatic carbocycles. The molecular weight excluding hydrogens is 246 g/mol. The van der Waals surface area contributed by atoms with Gasteiger partial charge in [0.15, 0.2) is 15.7 Å². The second-order valence-electron chi connectivity index (χ2n) is 4.06. The van der Waals surface area contributed by atoms with E-state index in [9.17, 15) is 8.42 Å². The van der Waals surface area contributed by atoms with Gasteiger partial charge in [-0.1, -0.05) is 5.16 Å². The lowest BCUT2D eigenvalue weighted by molar-refractivity contribution is 0.292. The fourth-order valence-corrected chi connectivity index (χ4v) is 3.46. The summed E-state index contributed by atoms with van der Waals surface area (Å²) in [6.07, 6.45) is 0.987. The van der Waals surface area contributed by atoms with Gasteiger partial charge < -0.3 is 14.9 Å². The van der Waals surface area contributed by atoms with Crippen LogP contribution in [0.2, 0.25) is 0 Å². The molecule has 1 aromatic heterocycles. The Hall–Kier alpha value is -0.990. The summed E-state index contributed by atoms with van der Waals surface area (Å²) in [6, 6.07) is -0.0341. The fraction of sp³-hybridized carbons (Fsp3) is 0.778. The van der Waals surface area contributed by atoms with Gasteiger partial charge in [-0.25, -0.2) is 8.42 Å². The minimum atomic E-state index is -2.87. The predicted molar refractivity (Wildman–Crippen MR) is 59.0 cm³/mol. The van der Waals surface area contributed by atoms with E-state index in [1.165, 1.54) is 0 Å². The van der Waals surface area contributed by atoms with Crippen molar-refractivity contribution in [2.45, 2.75) is 25.4 Å². The van der Waals surface area contributed by atoms with Crippen LogP contribution in [-0.4, -0.2) is 47.8 Å². The first-order valence-electron chi connectivity index (χ1n) is 5.45. The van der Waals surface area contributed by atoms with Gasteiger partial charge in [0.2, 0.25) is 5.89 Å². The van der Waals surface area contributed by atoms with Crippen LogP contribution in [0.1, 0.15) is 18.1 Å². The Kier molecular flexibility index (Phi) is 3.75. The minimum Gasteiger partial charge on any atom is -0.396 e. The van der Waals surface area contributed by atoms with E-state index in [4.69, 9.17) is 9.63 Å². The lowest BCUT2D eigenvalue weighted by Gasteiger charge is -2.06. The minimum absolute atomic E-state index is 0.0206. The molecule has 1 saturated heterocycles. The maximum absolute atomic E-state index is 11.2. The molecule has 0 saturated carbocycles. The molecule has 1 aliphatic rings. The molecule has 0 spiro atoms. The maximum atomic E-state index is 11.2. The molecule has 2 rings (SSSR count). The number of nitrogens with zero attached hydrogens (tertiary/aromatic N) is 2. The molecule has 1 atom stereocenters. The first kappa shape index (κ1) is 12.5. The smallest absolute Gasteiger partial charge is 0.240 e. The summed E-state index contributed by atoms with van der Waals surface area (Å²) in [5.41, 5.74) is 0. The van der Waals surface area contributed by atoms with Crippen LogP contribution in [0.25, 0.3) is 0 Å². The van der Waals surface area contributed by atoms with Gasteiger partial charge in [0.05, 0.1) is 24.7 Å². The number of aliphatic hydroxyl groups excluding tert-OH is 1. The zero-order chi connectivity index (χ0) is 12.3. The molecule has 0 bridgehead atoms. The Balaban J connectivity index is 1.82. The highest BCUT2D eigenvalue weighted by molar-refractivity contribution is 7.91. The van der Waals surface area contributed by atoms with Gasteiger partial charge in [-0.2, -0.15) is 4.98 Å². The van der Waals surface area contributed by atoms with Crippen molar-refractivity contribution in [1.29, 1.82) is 0 Å². The molecule has 1 fully saturated rings. The van der Waals surface area contributed by atoms with Gasteiger partial charge in [-0.05, 0) is 6.42 Å². The van der Waals surface area contributed by atoms with E-state index < -0.39 is 9.84 Å². The largest absolute Gasteiger partial charge is 0.396 e. The standard InChI is InChI=1S/C9H15N3O4S/c13-3-1-8-11-9(16-12-8)5-10-7-2-4-17(14,15)6-7/h7,10,13H,1-6H2. The van der Waals surface area contributed by atoms with Gasteiger partial charge >= 0.3 is 0 Å². The lowest BCUT2D eigenvalue weighted by atomic mass is 10.3. The maximum Gasteiger partial charge on any atom is 0.240 e. The number of aromatic nitrogens is 2. The highest BCUT2D eigenvalue weighted by atomic mass is 32.2. The van der Waals surface area contributed by atoms with Crippen LogP contribution in [-0.2, 0) is 22.8 Å². The summed E-state index contributed by atoms with van der Waals surface area (Å²) >= 11 is 0. The number of nitrogens with one attached hydrogen (secondary N) is 1. The first-order chi connectivity index (χ1) is 8.09. The molecule has 2 heterocycles. The number of hydrogen-bond acceptors (Lipinski definition) is 7. The molecule has 0 aliphatic carbocycles. The SMILES string of the molecule is O=S1(=O)CCC(NCc2nc(CCO)no2)C1. The second kappa shape index (κ2) is 5.11.